The van der Waals surface area contributed by atoms with Crippen LogP contribution < -0.4 is 5.43 Å². The monoisotopic (exact) mass is 351 g/mol. The summed E-state index contributed by atoms with van der Waals surface area (Å²) in [6, 6.07) is 6.11. The maximum Gasteiger partial charge on any atom is 0.268 e. The summed E-state index contributed by atoms with van der Waals surface area (Å²) in [5, 5.41) is 5.66. The second kappa shape index (κ2) is 6.95. The molecule has 1 aromatic carbocycles. The van der Waals surface area contributed by atoms with Crippen LogP contribution in [0.1, 0.15) is 25.0 Å². The van der Waals surface area contributed by atoms with Crippen LogP contribution in [0.15, 0.2) is 41.7 Å². The number of carbonyl (C=O) groups excluding carboxylic acids is 2. The van der Waals surface area contributed by atoms with Crippen LogP contribution in [0.5, 0.6) is 0 Å². The van der Waals surface area contributed by atoms with E-state index < -0.39 is 5.91 Å². The molecule has 0 bridgehead atoms. The van der Waals surface area contributed by atoms with E-state index in [1.165, 1.54) is 28.3 Å². The molecule has 2 aromatic rings. The fourth-order valence-corrected chi connectivity index (χ4v) is 2.80. The fraction of sp³-hybridized carbons (Fsp3) is 0.263. The van der Waals surface area contributed by atoms with Gasteiger partial charge in [0, 0.05) is 23.4 Å². The van der Waals surface area contributed by atoms with Crippen molar-refractivity contribution in [1.29, 1.82) is 0 Å². The quantitative estimate of drug-likeness (QED) is 0.857. The molecule has 0 unspecified atom stereocenters. The molecular weight excluding hydrogens is 330 g/mol. The minimum atomic E-state index is -0.399. The summed E-state index contributed by atoms with van der Waals surface area (Å²) >= 11 is 0. The highest BCUT2D eigenvalue weighted by atomic mass is 16.2. The number of aryl methyl sites for hydroxylation is 2. The number of rotatable bonds is 4. The van der Waals surface area contributed by atoms with Gasteiger partial charge in [-0.05, 0) is 45.4 Å². The summed E-state index contributed by atoms with van der Waals surface area (Å²) in [6.45, 7) is 8.08. The van der Waals surface area contributed by atoms with Crippen LogP contribution in [-0.2, 0) is 9.59 Å². The SMILES string of the molecule is CC1=C(C)C(=O)N(NC(=O)/C=C\n2cnc(-c3cc(C)cc(C)c3)n2)C1. The molecule has 7 heteroatoms. The molecule has 0 fully saturated rings. The second-order valence-corrected chi connectivity index (χ2v) is 6.51. The van der Waals surface area contributed by atoms with Gasteiger partial charge in [-0.1, -0.05) is 17.2 Å². The molecule has 0 atom stereocenters. The highest BCUT2D eigenvalue weighted by molar-refractivity contribution is 5.99. The van der Waals surface area contributed by atoms with Crippen LogP contribution >= 0.6 is 0 Å². The van der Waals surface area contributed by atoms with Gasteiger partial charge in [-0.15, -0.1) is 5.10 Å². The van der Waals surface area contributed by atoms with E-state index in [0.29, 0.717) is 17.9 Å². The minimum absolute atomic E-state index is 0.179. The molecular formula is C19H21N5O2. The first kappa shape index (κ1) is 17.6. The molecule has 0 aliphatic carbocycles. The lowest BCUT2D eigenvalue weighted by atomic mass is 10.1. The Morgan fingerprint density at radius 2 is 1.85 bits per heavy atom. The first-order valence-corrected chi connectivity index (χ1v) is 8.30. The molecule has 3 rings (SSSR count). The number of hydrogen-bond donors (Lipinski definition) is 1. The predicted molar refractivity (Wildman–Crippen MR) is 98.5 cm³/mol. The molecule has 0 spiro atoms. The maximum absolute atomic E-state index is 12.0. The van der Waals surface area contributed by atoms with Crippen LogP contribution in [0.25, 0.3) is 17.6 Å². The Hall–Kier alpha value is -3.22. The zero-order valence-electron chi connectivity index (χ0n) is 15.3. The molecule has 1 N–H and O–H groups in total. The number of carbonyl (C=O) groups is 2. The van der Waals surface area contributed by atoms with Crippen molar-refractivity contribution in [3.63, 3.8) is 0 Å². The predicted octanol–water partition coefficient (Wildman–Crippen LogP) is 2.24. The van der Waals surface area contributed by atoms with Crippen LogP contribution in [0.2, 0.25) is 0 Å². The molecule has 2 amide bonds. The van der Waals surface area contributed by atoms with Gasteiger partial charge in [0.2, 0.25) is 0 Å². The van der Waals surface area contributed by atoms with Crippen LogP contribution in [-0.4, -0.2) is 38.1 Å². The van der Waals surface area contributed by atoms with Gasteiger partial charge in [-0.2, -0.15) is 0 Å². The van der Waals surface area contributed by atoms with E-state index in [9.17, 15) is 9.59 Å². The Morgan fingerprint density at radius 3 is 2.46 bits per heavy atom. The van der Waals surface area contributed by atoms with E-state index in [2.05, 4.69) is 21.6 Å². The molecule has 0 saturated carbocycles. The molecule has 2 heterocycles. The van der Waals surface area contributed by atoms with Crippen molar-refractivity contribution in [3.05, 3.63) is 52.9 Å². The van der Waals surface area contributed by atoms with Crippen molar-refractivity contribution in [2.45, 2.75) is 27.7 Å². The zero-order valence-corrected chi connectivity index (χ0v) is 15.3. The Kier molecular flexibility index (Phi) is 4.71. The summed E-state index contributed by atoms with van der Waals surface area (Å²) in [6.07, 6.45) is 4.35. The van der Waals surface area contributed by atoms with Crippen molar-refractivity contribution < 1.29 is 9.59 Å². The third-order valence-corrected chi connectivity index (χ3v) is 4.21. The Balaban J connectivity index is 1.65. The van der Waals surface area contributed by atoms with E-state index in [4.69, 9.17) is 0 Å². The molecule has 1 aliphatic heterocycles. The molecule has 1 aromatic heterocycles. The van der Waals surface area contributed by atoms with Gasteiger partial charge in [0.05, 0.1) is 6.54 Å². The fourth-order valence-electron chi connectivity index (χ4n) is 2.80. The lowest BCUT2D eigenvalue weighted by Gasteiger charge is -2.16. The van der Waals surface area contributed by atoms with E-state index in [0.717, 1.165) is 22.3 Å². The van der Waals surface area contributed by atoms with Crippen LogP contribution in [0, 0.1) is 13.8 Å². The van der Waals surface area contributed by atoms with Gasteiger partial charge >= 0.3 is 0 Å². The Morgan fingerprint density at radius 1 is 1.15 bits per heavy atom. The van der Waals surface area contributed by atoms with Crippen molar-refractivity contribution in [1.82, 2.24) is 25.2 Å². The summed E-state index contributed by atoms with van der Waals surface area (Å²) < 4.78 is 1.47. The van der Waals surface area contributed by atoms with Gasteiger partial charge in [0.15, 0.2) is 5.82 Å². The van der Waals surface area contributed by atoms with Gasteiger partial charge in [-0.3, -0.25) is 15.0 Å². The van der Waals surface area contributed by atoms with Crippen molar-refractivity contribution in [2.75, 3.05) is 6.54 Å². The summed E-state index contributed by atoms with van der Waals surface area (Å²) in [5.74, 6) is 0.0124. The van der Waals surface area contributed by atoms with Gasteiger partial charge in [0.25, 0.3) is 11.8 Å². The minimum Gasteiger partial charge on any atom is -0.268 e. The third-order valence-electron chi connectivity index (χ3n) is 4.21. The zero-order chi connectivity index (χ0) is 18.8. The molecule has 0 radical (unpaired) electrons. The molecule has 0 saturated heterocycles. The second-order valence-electron chi connectivity index (χ2n) is 6.51. The summed E-state index contributed by atoms with van der Waals surface area (Å²) in [7, 11) is 0. The normalized spacial score (nSPS) is 14.6. The van der Waals surface area contributed by atoms with E-state index in [1.54, 1.807) is 6.92 Å². The highest BCUT2D eigenvalue weighted by Crippen LogP contribution is 2.18. The van der Waals surface area contributed by atoms with Crippen molar-refractivity contribution in [3.8, 4) is 11.4 Å². The van der Waals surface area contributed by atoms with Crippen molar-refractivity contribution >= 4 is 18.0 Å². The Bertz CT molecular complexity index is 919. The van der Waals surface area contributed by atoms with Crippen molar-refractivity contribution in [2.24, 2.45) is 0 Å². The highest BCUT2D eigenvalue weighted by Gasteiger charge is 2.25. The van der Waals surface area contributed by atoms with E-state index in [-0.39, 0.29) is 5.91 Å². The lowest BCUT2D eigenvalue weighted by molar-refractivity contribution is -0.134. The largest absolute Gasteiger partial charge is 0.268 e. The average Bonchev–Trinajstić information content (AvgIpc) is 3.14. The van der Waals surface area contributed by atoms with E-state index >= 15 is 0 Å². The number of nitrogens with one attached hydrogen (secondary N) is 1. The lowest BCUT2D eigenvalue weighted by Crippen LogP contribution is -2.43. The number of hydrazine groups is 1. The number of benzene rings is 1. The topological polar surface area (TPSA) is 80.1 Å². The first-order valence-electron chi connectivity index (χ1n) is 8.30. The average molecular weight is 351 g/mol. The maximum atomic E-state index is 12.0. The molecule has 1 aliphatic rings. The molecule has 26 heavy (non-hydrogen) atoms. The van der Waals surface area contributed by atoms with E-state index in [1.807, 2.05) is 32.9 Å². The standard InChI is InChI=1S/C19H21N5O2/c1-12-7-13(2)9-16(8-12)18-20-11-23(22-18)6-5-17(25)21-24-10-14(3)15(4)19(24)26/h5-9,11H,10H2,1-4H3,(H,21,25)/b6-5-. The van der Waals surface area contributed by atoms with Gasteiger partial charge in [0.1, 0.15) is 6.33 Å². The van der Waals surface area contributed by atoms with Gasteiger partial charge in [-0.25, -0.2) is 14.7 Å². The number of aromatic nitrogens is 3. The summed E-state index contributed by atoms with van der Waals surface area (Å²) in [4.78, 5) is 28.2. The first-order chi connectivity index (χ1) is 12.3. The number of nitrogens with zero attached hydrogens (tertiary/aromatic N) is 4. The van der Waals surface area contributed by atoms with Crippen LogP contribution in [0.3, 0.4) is 0 Å². The third kappa shape index (κ3) is 3.72. The van der Waals surface area contributed by atoms with Gasteiger partial charge < -0.3 is 0 Å². The van der Waals surface area contributed by atoms with Crippen LogP contribution in [0.4, 0.5) is 0 Å². The number of amides is 2. The summed E-state index contributed by atoms with van der Waals surface area (Å²) in [5.41, 5.74) is 7.40. The molecule has 7 nitrogen and oxygen atoms in total. The smallest absolute Gasteiger partial charge is 0.268 e. The Labute approximate surface area is 152 Å². The number of hydrogen-bond acceptors (Lipinski definition) is 4. The molecule has 134 valence electrons.